The number of ether oxygens (including phenoxy) is 3. The summed E-state index contributed by atoms with van der Waals surface area (Å²) in [6, 6.07) is -0.284. The molecular weight excluding hydrogens is 491 g/mol. The summed E-state index contributed by atoms with van der Waals surface area (Å²) in [5, 5.41) is 12.0. The molecule has 1 spiro atoms. The summed E-state index contributed by atoms with van der Waals surface area (Å²) < 4.78 is 86.2. The van der Waals surface area contributed by atoms with Crippen LogP contribution < -0.4 is 0 Å². The molecule has 3 aliphatic heterocycles. The number of fused-ring (bicyclic) bond motifs is 5. The lowest BCUT2D eigenvalue weighted by molar-refractivity contribution is -0.284. The van der Waals surface area contributed by atoms with Gasteiger partial charge in [-0.15, -0.1) is 6.58 Å². The van der Waals surface area contributed by atoms with Crippen molar-refractivity contribution in [1.82, 2.24) is 4.90 Å². The molecule has 0 aromatic carbocycles. The van der Waals surface area contributed by atoms with Gasteiger partial charge in [-0.3, -0.25) is 4.90 Å². The SMILES string of the molecule is C=CCN1CCCC2C3=CC=C(OS(=O)(=O)C(F)(F)F)C2OC2CC(O)(CCC24OCCO4)C1C3. The largest absolute Gasteiger partial charge is 0.534 e. The second-order valence-corrected chi connectivity index (χ2v) is 11.4. The van der Waals surface area contributed by atoms with Crippen molar-refractivity contribution in [1.29, 1.82) is 0 Å². The molecule has 5 atom stereocenters. The van der Waals surface area contributed by atoms with E-state index in [9.17, 15) is 26.7 Å². The van der Waals surface area contributed by atoms with Gasteiger partial charge in [-0.1, -0.05) is 17.7 Å². The van der Waals surface area contributed by atoms with Crippen LogP contribution in [0, 0.1) is 5.92 Å². The van der Waals surface area contributed by atoms with Crippen molar-refractivity contribution in [2.24, 2.45) is 5.92 Å². The fourth-order valence-corrected chi connectivity index (χ4v) is 6.76. The highest BCUT2D eigenvalue weighted by atomic mass is 32.2. The molecule has 2 aliphatic carbocycles. The highest BCUT2D eigenvalue weighted by Gasteiger charge is 2.59. The molecule has 3 heterocycles. The van der Waals surface area contributed by atoms with E-state index in [4.69, 9.17) is 14.2 Å². The topological polar surface area (TPSA) is 94.5 Å². The molecule has 0 radical (unpaired) electrons. The van der Waals surface area contributed by atoms with Gasteiger partial charge in [0, 0.05) is 31.3 Å². The Kier molecular flexibility index (Phi) is 6.37. The number of likely N-dealkylation sites (tertiary alicyclic amines) is 1. The number of allylic oxidation sites excluding steroid dienone is 2. The highest BCUT2D eigenvalue weighted by Crippen LogP contribution is 2.51. The molecule has 5 unspecified atom stereocenters. The first kappa shape index (κ1) is 25.2. The second-order valence-electron chi connectivity index (χ2n) is 9.91. The van der Waals surface area contributed by atoms with Crippen LogP contribution in [-0.4, -0.2) is 79.9 Å². The molecule has 0 amide bonds. The van der Waals surface area contributed by atoms with E-state index in [1.54, 1.807) is 12.2 Å². The number of halogens is 3. The smallest absolute Gasteiger partial charge is 0.388 e. The van der Waals surface area contributed by atoms with Crippen LogP contribution in [0.2, 0.25) is 0 Å². The Hall–Kier alpha value is -1.44. The van der Waals surface area contributed by atoms with Crippen molar-refractivity contribution in [3.63, 3.8) is 0 Å². The first-order valence-electron chi connectivity index (χ1n) is 11.9. The Bertz CT molecular complexity index is 1020. The zero-order chi connectivity index (χ0) is 25.1. The van der Waals surface area contributed by atoms with Gasteiger partial charge in [0.25, 0.3) is 0 Å². The van der Waals surface area contributed by atoms with Crippen LogP contribution in [0.4, 0.5) is 13.2 Å². The number of aliphatic hydroxyl groups is 1. The number of alkyl halides is 3. The van der Waals surface area contributed by atoms with Gasteiger partial charge in [0.1, 0.15) is 18.0 Å². The number of rotatable bonds is 4. The zero-order valence-corrected chi connectivity index (χ0v) is 20.0. The minimum absolute atomic E-state index is 0.126. The minimum Gasteiger partial charge on any atom is -0.388 e. The maximum absolute atomic E-state index is 13.2. The van der Waals surface area contributed by atoms with Gasteiger partial charge in [0.15, 0.2) is 5.79 Å². The molecule has 35 heavy (non-hydrogen) atoms. The van der Waals surface area contributed by atoms with Crippen LogP contribution in [0.25, 0.3) is 0 Å². The predicted octanol–water partition coefficient (Wildman–Crippen LogP) is 2.76. The van der Waals surface area contributed by atoms with Crippen molar-refractivity contribution >= 4 is 10.1 Å². The number of hydrogen-bond acceptors (Lipinski definition) is 8. The lowest BCUT2D eigenvalue weighted by Crippen LogP contribution is -2.62. The first-order chi connectivity index (χ1) is 16.5. The van der Waals surface area contributed by atoms with Gasteiger partial charge in [-0.2, -0.15) is 21.6 Å². The fourth-order valence-electron chi connectivity index (χ4n) is 6.27. The third kappa shape index (κ3) is 4.36. The average molecular weight is 522 g/mol. The number of nitrogens with zero attached hydrogens (tertiary/aromatic N) is 1. The van der Waals surface area contributed by atoms with Gasteiger partial charge in [-0.05, 0) is 38.3 Å². The van der Waals surface area contributed by atoms with Crippen molar-refractivity contribution in [2.75, 3.05) is 26.3 Å². The molecule has 196 valence electrons. The van der Waals surface area contributed by atoms with Crippen LogP contribution in [0.15, 0.2) is 36.1 Å². The van der Waals surface area contributed by atoms with Gasteiger partial charge in [0.2, 0.25) is 0 Å². The van der Waals surface area contributed by atoms with E-state index in [0.717, 1.165) is 5.57 Å². The molecule has 6 bridgehead atoms. The third-order valence-electron chi connectivity index (χ3n) is 7.91. The molecule has 5 rings (SSSR count). The predicted molar refractivity (Wildman–Crippen MR) is 117 cm³/mol. The van der Waals surface area contributed by atoms with E-state index in [1.165, 1.54) is 6.08 Å². The molecule has 0 aromatic heterocycles. The maximum Gasteiger partial charge on any atom is 0.534 e. The molecule has 3 saturated heterocycles. The molecule has 0 aromatic rings. The Morgan fingerprint density at radius 3 is 2.69 bits per heavy atom. The molecule has 4 fully saturated rings. The van der Waals surface area contributed by atoms with Crippen molar-refractivity contribution in [2.45, 2.75) is 73.7 Å². The monoisotopic (exact) mass is 521 g/mol. The van der Waals surface area contributed by atoms with E-state index in [-0.39, 0.29) is 12.5 Å². The van der Waals surface area contributed by atoms with E-state index >= 15 is 0 Å². The van der Waals surface area contributed by atoms with Gasteiger partial charge >= 0.3 is 15.6 Å². The highest BCUT2D eigenvalue weighted by molar-refractivity contribution is 7.87. The van der Waals surface area contributed by atoms with Crippen LogP contribution in [-0.2, 0) is 28.5 Å². The summed E-state index contributed by atoms with van der Waals surface area (Å²) in [4.78, 5) is 2.19. The average Bonchev–Trinajstić information content (AvgIpc) is 3.24. The number of hydrogen-bond donors (Lipinski definition) is 1. The van der Waals surface area contributed by atoms with Gasteiger partial charge < -0.3 is 23.5 Å². The van der Waals surface area contributed by atoms with Crippen LogP contribution in [0.5, 0.6) is 0 Å². The summed E-state index contributed by atoms with van der Waals surface area (Å²) in [6.07, 6.45) is 5.28. The molecule has 8 nitrogen and oxygen atoms in total. The Morgan fingerprint density at radius 1 is 1.26 bits per heavy atom. The summed E-state index contributed by atoms with van der Waals surface area (Å²) in [5.41, 5.74) is -5.86. The normalized spacial score (nSPS) is 37.4. The zero-order valence-electron chi connectivity index (χ0n) is 19.2. The van der Waals surface area contributed by atoms with Crippen LogP contribution in [0.3, 0.4) is 0 Å². The summed E-state index contributed by atoms with van der Waals surface area (Å²) in [5.74, 6) is -1.98. The summed E-state index contributed by atoms with van der Waals surface area (Å²) in [6.45, 7) is 5.74. The van der Waals surface area contributed by atoms with Crippen molar-refractivity contribution < 1.29 is 45.1 Å². The minimum atomic E-state index is -5.88. The van der Waals surface area contributed by atoms with E-state index in [0.29, 0.717) is 58.4 Å². The quantitative estimate of drug-likeness (QED) is 0.343. The third-order valence-corrected chi connectivity index (χ3v) is 8.89. The standard InChI is InChI=1S/C23H30F3NO7S/c1-2-9-27-10-3-4-16-15-5-6-17(34-35(29,30)23(24,25)26)20(16)33-19-14-21(28,18(27)13-15)7-8-22(19)31-11-12-32-22/h2,5-6,16,18-20,28H,1,3-4,7-14H2. The van der Waals surface area contributed by atoms with Crippen LogP contribution >= 0.6 is 0 Å². The molecule has 1 saturated carbocycles. The van der Waals surface area contributed by atoms with Crippen molar-refractivity contribution in [3.8, 4) is 0 Å². The fraction of sp³-hybridized carbons (Fsp3) is 0.739. The maximum atomic E-state index is 13.2. The Morgan fingerprint density at radius 2 is 2.00 bits per heavy atom. The Balaban J connectivity index is 1.60. The van der Waals surface area contributed by atoms with Crippen molar-refractivity contribution in [3.05, 3.63) is 36.1 Å². The molecular formula is C23H30F3NO7S. The lowest BCUT2D eigenvalue weighted by Gasteiger charge is -2.50. The summed E-state index contributed by atoms with van der Waals surface area (Å²) in [7, 11) is -5.88. The van der Waals surface area contributed by atoms with E-state index in [2.05, 4.69) is 15.7 Å². The van der Waals surface area contributed by atoms with Gasteiger partial charge in [0.05, 0.1) is 18.8 Å². The first-order valence-corrected chi connectivity index (χ1v) is 13.3. The molecule has 1 N–H and O–H groups in total. The second kappa shape index (κ2) is 8.84. The summed E-state index contributed by atoms with van der Waals surface area (Å²) >= 11 is 0. The molecule has 12 heteroatoms. The van der Waals surface area contributed by atoms with E-state index < -0.39 is 50.9 Å². The molecule has 5 aliphatic rings. The Labute approximate surface area is 202 Å². The van der Waals surface area contributed by atoms with E-state index in [1.807, 2.05) is 0 Å². The van der Waals surface area contributed by atoms with Crippen LogP contribution in [0.1, 0.15) is 38.5 Å². The van der Waals surface area contributed by atoms with Gasteiger partial charge in [-0.25, -0.2) is 0 Å². The lowest BCUT2D eigenvalue weighted by atomic mass is 9.71.